The molecule has 0 fully saturated rings. The minimum absolute atomic E-state index is 0.155. The van der Waals surface area contributed by atoms with Crippen molar-refractivity contribution in [3.63, 3.8) is 0 Å². The zero-order valence-electron chi connectivity index (χ0n) is 8.82. The van der Waals surface area contributed by atoms with Gasteiger partial charge in [0, 0.05) is 6.07 Å². The molecule has 1 aromatic carbocycles. The molecule has 1 heterocycles. The monoisotopic (exact) mass is 326 g/mol. The molecule has 0 atom stereocenters. The van der Waals surface area contributed by atoms with Crippen LogP contribution >= 0.6 is 27.5 Å². The van der Waals surface area contributed by atoms with Gasteiger partial charge in [-0.05, 0) is 40.2 Å². The smallest absolute Gasteiger partial charge is 0.222 e. The van der Waals surface area contributed by atoms with Crippen LogP contribution in [-0.4, -0.2) is 4.98 Å². The van der Waals surface area contributed by atoms with Gasteiger partial charge in [0.15, 0.2) is 0 Å². The van der Waals surface area contributed by atoms with Gasteiger partial charge in [0.05, 0.1) is 16.1 Å². The normalized spacial score (nSPS) is 9.89. The van der Waals surface area contributed by atoms with Gasteiger partial charge in [0.2, 0.25) is 5.88 Å². The number of pyridine rings is 1. The van der Waals surface area contributed by atoms with Crippen LogP contribution in [0.1, 0.15) is 5.56 Å². The molecule has 0 spiro atoms. The predicted molar refractivity (Wildman–Crippen MR) is 68.1 cm³/mol. The van der Waals surface area contributed by atoms with Crippen molar-refractivity contribution in [3.05, 3.63) is 51.3 Å². The standard InChI is InChI=1S/C12H5BrClFN2O/c13-9-5-8(15)1-2-10(9)18-12-4-7(6-16)3-11(14)17-12/h1-5H. The number of benzene rings is 1. The van der Waals surface area contributed by atoms with Gasteiger partial charge in [-0.3, -0.25) is 0 Å². The Hall–Kier alpha value is -1.64. The van der Waals surface area contributed by atoms with Crippen molar-refractivity contribution in [3.8, 4) is 17.7 Å². The van der Waals surface area contributed by atoms with E-state index in [4.69, 9.17) is 21.6 Å². The minimum Gasteiger partial charge on any atom is -0.438 e. The van der Waals surface area contributed by atoms with E-state index in [0.29, 0.717) is 15.8 Å². The van der Waals surface area contributed by atoms with Crippen LogP contribution in [0.15, 0.2) is 34.8 Å². The molecule has 3 nitrogen and oxygen atoms in total. The molecule has 0 amide bonds. The fourth-order valence-corrected chi connectivity index (χ4v) is 1.89. The quantitative estimate of drug-likeness (QED) is 0.773. The SMILES string of the molecule is N#Cc1cc(Cl)nc(Oc2ccc(F)cc2Br)c1. The summed E-state index contributed by atoms with van der Waals surface area (Å²) in [6.45, 7) is 0. The summed E-state index contributed by atoms with van der Waals surface area (Å²) in [4.78, 5) is 3.92. The number of aromatic nitrogens is 1. The summed E-state index contributed by atoms with van der Waals surface area (Å²) >= 11 is 8.91. The molecule has 0 aliphatic heterocycles. The first-order chi connectivity index (χ1) is 8.58. The van der Waals surface area contributed by atoms with E-state index in [1.807, 2.05) is 6.07 Å². The molecule has 0 radical (unpaired) electrons. The van der Waals surface area contributed by atoms with Crippen LogP contribution in [0.2, 0.25) is 5.15 Å². The van der Waals surface area contributed by atoms with Crippen molar-refractivity contribution < 1.29 is 9.13 Å². The first kappa shape index (κ1) is 12.8. The number of halogens is 3. The molecular weight excluding hydrogens is 322 g/mol. The molecule has 0 N–H and O–H groups in total. The number of ether oxygens (including phenoxy) is 1. The first-order valence-corrected chi connectivity index (χ1v) is 5.96. The highest BCUT2D eigenvalue weighted by molar-refractivity contribution is 9.10. The summed E-state index contributed by atoms with van der Waals surface area (Å²) in [6, 6.07) is 8.79. The van der Waals surface area contributed by atoms with E-state index in [2.05, 4.69) is 20.9 Å². The Balaban J connectivity index is 2.34. The van der Waals surface area contributed by atoms with Crippen LogP contribution < -0.4 is 4.74 Å². The zero-order valence-corrected chi connectivity index (χ0v) is 11.2. The van der Waals surface area contributed by atoms with Gasteiger partial charge in [-0.2, -0.15) is 5.26 Å². The maximum absolute atomic E-state index is 12.9. The third-order valence-corrected chi connectivity index (χ3v) is 2.82. The Morgan fingerprint density at radius 2 is 2.11 bits per heavy atom. The molecule has 2 aromatic rings. The van der Waals surface area contributed by atoms with Crippen LogP contribution in [0.4, 0.5) is 4.39 Å². The molecule has 6 heteroatoms. The fraction of sp³-hybridized carbons (Fsp3) is 0. The lowest BCUT2D eigenvalue weighted by atomic mass is 10.3. The van der Waals surface area contributed by atoms with E-state index >= 15 is 0 Å². The maximum atomic E-state index is 12.9. The van der Waals surface area contributed by atoms with Gasteiger partial charge in [-0.15, -0.1) is 0 Å². The van der Waals surface area contributed by atoms with Gasteiger partial charge in [0.1, 0.15) is 16.7 Å². The van der Waals surface area contributed by atoms with Gasteiger partial charge >= 0.3 is 0 Å². The molecular formula is C12H5BrClFN2O. The van der Waals surface area contributed by atoms with Crippen molar-refractivity contribution in [2.75, 3.05) is 0 Å². The van der Waals surface area contributed by atoms with Gasteiger partial charge in [-0.25, -0.2) is 9.37 Å². The number of hydrogen-bond acceptors (Lipinski definition) is 3. The molecule has 1 aromatic heterocycles. The number of nitrogens with zero attached hydrogens (tertiary/aromatic N) is 2. The third kappa shape index (κ3) is 2.97. The summed E-state index contributed by atoms with van der Waals surface area (Å²) in [5.41, 5.74) is 0.336. The second-order valence-electron chi connectivity index (χ2n) is 3.31. The lowest BCUT2D eigenvalue weighted by Crippen LogP contribution is -1.91. The second kappa shape index (κ2) is 5.34. The molecule has 0 aliphatic carbocycles. The Labute approximate surface area is 116 Å². The molecule has 0 saturated heterocycles. The largest absolute Gasteiger partial charge is 0.438 e. The molecule has 0 unspecified atom stereocenters. The van der Waals surface area contributed by atoms with E-state index in [1.54, 1.807) is 0 Å². The lowest BCUT2D eigenvalue weighted by Gasteiger charge is -2.07. The minimum atomic E-state index is -0.383. The topological polar surface area (TPSA) is 45.9 Å². The third-order valence-electron chi connectivity index (χ3n) is 2.01. The highest BCUT2D eigenvalue weighted by atomic mass is 79.9. The van der Waals surface area contributed by atoms with E-state index in [-0.39, 0.29) is 16.9 Å². The van der Waals surface area contributed by atoms with Crippen molar-refractivity contribution in [2.24, 2.45) is 0 Å². The number of nitriles is 1. The van der Waals surface area contributed by atoms with Crippen molar-refractivity contribution in [2.45, 2.75) is 0 Å². The van der Waals surface area contributed by atoms with E-state index in [0.717, 1.165) is 0 Å². The van der Waals surface area contributed by atoms with Crippen molar-refractivity contribution in [1.82, 2.24) is 4.98 Å². The number of rotatable bonds is 2. The summed E-state index contributed by atoms with van der Waals surface area (Å²) in [5, 5.41) is 8.95. The highest BCUT2D eigenvalue weighted by Gasteiger charge is 2.07. The molecule has 0 saturated carbocycles. The molecule has 2 rings (SSSR count). The predicted octanol–water partition coefficient (Wildman–Crippen LogP) is 4.30. The van der Waals surface area contributed by atoms with Crippen molar-refractivity contribution in [1.29, 1.82) is 5.26 Å². The molecule has 90 valence electrons. The van der Waals surface area contributed by atoms with Gasteiger partial charge in [-0.1, -0.05) is 11.6 Å². The average Bonchev–Trinajstić information content (AvgIpc) is 2.32. The fourth-order valence-electron chi connectivity index (χ4n) is 1.26. The molecule has 0 bridgehead atoms. The Bertz CT molecular complexity index is 642. The van der Waals surface area contributed by atoms with Crippen LogP contribution in [0.3, 0.4) is 0 Å². The Morgan fingerprint density at radius 1 is 1.33 bits per heavy atom. The van der Waals surface area contributed by atoms with E-state index in [1.165, 1.54) is 30.3 Å². The van der Waals surface area contributed by atoms with Gasteiger partial charge in [0.25, 0.3) is 0 Å². The summed E-state index contributed by atoms with van der Waals surface area (Å²) in [7, 11) is 0. The first-order valence-electron chi connectivity index (χ1n) is 4.79. The second-order valence-corrected chi connectivity index (χ2v) is 4.55. The average molecular weight is 328 g/mol. The molecule has 18 heavy (non-hydrogen) atoms. The van der Waals surface area contributed by atoms with E-state index in [9.17, 15) is 4.39 Å². The van der Waals surface area contributed by atoms with Crippen LogP contribution in [-0.2, 0) is 0 Å². The zero-order chi connectivity index (χ0) is 13.1. The summed E-state index contributed by atoms with van der Waals surface area (Å²) < 4.78 is 18.8. The van der Waals surface area contributed by atoms with Crippen LogP contribution in [0.5, 0.6) is 11.6 Å². The Morgan fingerprint density at radius 3 is 2.78 bits per heavy atom. The maximum Gasteiger partial charge on any atom is 0.222 e. The van der Waals surface area contributed by atoms with Crippen molar-refractivity contribution >= 4 is 27.5 Å². The molecule has 0 aliphatic rings. The highest BCUT2D eigenvalue weighted by Crippen LogP contribution is 2.30. The van der Waals surface area contributed by atoms with E-state index < -0.39 is 0 Å². The van der Waals surface area contributed by atoms with Crippen LogP contribution in [0.25, 0.3) is 0 Å². The summed E-state index contributed by atoms with van der Waals surface area (Å²) in [6.07, 6.45) is 0. The summed E-state index contributed by atoms with van der Waals surface area (Å²) in [5.74, 6) is 0.174. The number of hydrogen-bond donors (Lipinski definition) is 0. The van der Waals surface area contributed by atoms with Gasteiger partial charge < -0.3 is 4.74 Å². The Kier molecular flexibility index (Phi) is 3.80. The lowest BCUT2D eigenvalue weighted by molar-refractivity contribution is 0.458. The van der Waals surface area contributed by atoms with Crippen LogP contribution in [0, 0.1) is 17.1 Å².